The van der Waals surface area contributed by atoms with Gasteiger partial charge in [-0.15, -0.1) is 0 Å². The van der Waals surface area contributed by atoms with E-state index < -0.39 is 11.8 Å². The van der Waals surface area contributed by atoms with Crippen LogP contribution in [0.5, 0.6) is 0 Å². The Labute approximate surface area is 194 Å². The van der Waals surface area contributed by atoms with Crippen LogP contribution in [0.15, 0.2) is 89.1 Å². The van der Waals surface area contributed by atoms with E-state index in [2.05, 4.69) is 30.3 Å². The quantitative estimate of drug-likeness (QED) is 0.472. The van der Waals surface area contributed by atoms with Crippen molar-refractivity contribution in [2.75, 3.05) is 6.61 Å². The van der Waals surface area contributed by atoms with Crippen molar-refractivity contribution in [1.29, 1.82) is 0 Å². The van der Waals surface area contributed by atoms with Crippen LogP contribution in [-0.2, 0) is 14.3 Å². The Bertz CT molecular complexity index is 1280. The highest BCUT2D eigenvalue weighted by atomic mass is 16.5. The summed E-state index contributed by atoms with van der Waals surface area (Å²) in [6.07, 6.45) is 1.12. The van der Waals surface area contributed by atoms with E-state index in [0.717, 1.165) is 27.6 Å². The van der Waals surface area contributed by atoms with Gasteiger partial charge in [0.15, 0.2) is 5.78 Å². The third kappa shape index (κ3) is 3.80. The van der Waals surface area contributed by atoms with E-state index in [-0.39, 0.29) is 17.7 Å². The van der Waals surface area contributed by atoms with Crippen LogP contribution in [0, 0.1) is 5.92 Å². The van der Waals surface area contributed by atoms with Crippen LogP contribution in [0.3, 0.4) is 0 Å². The summed E-state index contributed by atoms with van der Waals surface area (Å²) in [5.74, 6) is -1.14. The number of allylic oxidation sites excluding steroid dienone is 2. The molecule has 1 unspecified atom stereocenters. The number of fused-ring (bicyclic) bond motifs is 1. The Hall–Kier alpha value is -3.53. The van der Waals surface area contributed by atoms with Gasteiger partial charge in [-0.2, -0.15) is 0 Å². The molecule has 1 heterocycles. The van der Waals surface area contributed by atoms with Gasteiger partial charge in [0, 0.05) is 29.3 Å². The Morgan fingerprint density at radius 2 is 1.70 bits per heavy atom. The van der Waals surface area contributed by atoms with Crippen LogP contribution in [-0.4, -0.2) is 24.1 Å². The van der Waals surface area contributed by atoms with Gasteiger partial charge in [0.2, 0.25) is 0 Å². The molecule has 0 saturated heterocycles. The Balaban J connectivity index is 1.68. The molecule has 0 bridgehead atoms. The molecular weight excluding hydrogens is 410 g/mol. The molecule has 0 N–H and O–H groups in total. The first-order chi connectivity index (χ1) is 16.1. The van der Waals surface area contributed by atoms with Crippen molar-refractivity contribution in [1.82, 2.24) is 0 Å². The van der Waals surface area contributed by atoms with Gasteiger partial charge in [0.05, 0.1) is 6.61 Å². The second kappa shape index (κ2) is 8.78. The number of nitrogens with zero attached hydrogens (tertiary/aromatic N) is 1. The standard InChI is InChI=1S/C29H27NO3/c1-3-33-29(32)26-18(2)30-24-16-21(19-10-5-4-6-11-19)17-25(31)28(24)27(26)23-15-9-13-20-12-7-8-14-22(20)23/h4-15,21,26-27H,3,16-17H2,1-2H3/t21-,26?,27-/m0/s1. The van der Waals surface area contributed by atoms with E-state index >= 15 is 0 Å². The lowest BCUT2D eigenvalue weighted by Crippen LogP contribution is -2.38. The van der Waals surface area contributed by atoms with Crippen molar-refractivity contribution in [3.63, 3.8) is 0 Å². The number of carbonyl (C=O) groups is 2. The molecule has 0 spiro atoms. The molecule has 4 heteroatoms. The maximum Gasteiger partial charge on any atom is 0.315 e. The second-order valence-electron chi connectivity index (χ2n) is 8.83. The summed E-state index contributed by atoms with van der Waals surface area (Å²) in [6, 6.07) is 24.4. The van der Waals surface area contributed by atoms with Crippen molar-refractivity contribution < 1.29 is 14.3 Å². The predicted molar refractivity (Wildman–Crippen MR) is 130 cm³/mol. The van der Waals surface area contributed by atoms with Gasteiger partial charge in [-0.3, -0.25) is 14.6 Å². The zero-order valence-electron chi connectivity index (χ0n) is 19.0. The first-order valence-electron chi connectivity index (χ1n) is 11.6. The number of benzene rings is 3. The zero-order valence-corrected chi connectivity index (χ0v) is 19.0. The summed E-state index contributed by atoms with van der Waals surface area (Å²) in [6.45, 7) is 3.99. The lowest BCUT2D eigenvalue weighted by atomic mass is 9.68. The third-order valence-electron chi connectivity index (χ3n) is 6.86. The van der Waals surface area contributed by atoms with Crippen LogP contribution in [0.25, 0.3) is 10.8 Å². The van der Waals surface area contributed by atoms with Gasteiger partial charge >= 0.3 is 5.97 Å². The second-order valence-corrected chi connectivity index (χ2v) is 8.83. The highest BCUT2D eigenvalue weighted by Gasteiger charge is 2.45. The van der Waals surface area contributed by atoms with Gasteiger partial charge in [-0.25, -0.2) is 0 Å². The number of aliphatic imine (C=N–C) groups is 1. The minimum absolute atomic E-state index is 0.0774. The van der Waals surface area contributed by atoms with Crippen LogP contribution in [0.4, 0.5) is 0 Å². The van der Waals surface area contributed by atoms with Gasteiger partial charge in [-0.05, 0) is 48.1 Å². The van der Waals surface area contributed by atoms with E-state index in [4.69, 9.17) is 9.73 Å². The first kappa shape index (κ1) is 21.3. The Morgan fingerprint density at radius 3 is 2.48 bits per heavy atom. The number of hydrogen-bond donors (Lipinski definition) is 0. The molecule has 4 nitrogen and oxygen atoms in total. The molecule has 0 aromatic heterocycles. The third-order valence-corrected chi connectivity index (χ3v) is 6.86. The van der Waals surface area contributed by atoms with E-state index in [9.17, 15) is 9.59 Å². The van der Waals surface area contributed by atoms with Crippen molar-refractivity contribution in [3.05, 3.63) is 95.2 Å². The monoisotopic (exact) mass is 437 g/mol. The van der Waals surface area contributed by atoms with E-state index in [1.54, 1.807) is 6.92 Å². The molecule has 1 aliphatic carbocycles. The summed E-state index contributed by atoms with van der Waals surface area (Å²) in [5, 5.41) is 2.14. The zero-order chi connectivity index (χ0) is 22.9. The van der Waals surface area contributed by atoms with Crippen LogP contribution >= 0.6 is 0 Å². The van der Waals surface area contributed by atoms with Crippen molar-refractivity contribution >= 4 is 28.2 Å². The number of rotatable bonds is 4. The highest BCUT2D eigenvalue weighted by molar-refractivity contribution is 6.10. The fourth-order valence-electron chi connectivity index (χ4n) is 5.42. The normalized spacial score (nSPS) is 22.7. The largest absolute Gasteiger partial charge is 0.465 e. The highest BCUT2D eigenvalue weighted by Crippen LogP contribution is 2.48. The van der Waals surface area contributed by atoms with Crippen LogP contribution in [0.1, 0.15) is 49.7 Å². The minimum atomic E-state index is -0.605. The number of esters is 1. The number of carbonyl (C=O) groups excluding carboxylic acids is 2. The fraction of sp³-hybridized carbons (Fsp3) is 0.276. The molecule has 5 rings (SSSR count). The van der Waals surface area contributed by atoms with Crippen molar-refractivity contribution in [2.24, 2.45) is 10.9 Å². The molecule has 1 aliphatic heterocycles. The molecule has 3 aromatic carbocycles. The summed E-state index contributed by atoms with van der Waals surface area (Å²) < 4.78 is 5.47. The Morgan fingerprint density at radius 1 is 0.970 bits per heavy atom. The summed E-state index contributed by atoms with van der Waals surface area (Å²) >= 11 is 0. The van der Waals surface area contributed by atoms with Gasteiger partial charge < -0.3 is 4.74 Å². The van der Waals surface area contributed by atoms with Crippen molar-refractivity contribution in [3.8, 4) is 0 Å². The minimum Gasteiger partial charge on any atom is -0.465 e. The lowest BCUT2D eigenvalue weighted by Gasteiger charge is -2.37. The van der Waals surface area contributed by atoms with Gasteiger partial charge in [0.25, 0.3) is 0 Å². The molecule has 0 fully saturated rings. The van der Waals surface area contributed by atoms with Crippen molar-refractivity contribution in [2.45, 2.75) is 38.5 Å². The molecule has 166 valence electrons. The molecule has 33 heavy (non-hydrogen) atoms. The Kier molecular flexibility index (Phi) is 5.67. The van der Waals surface area contributed by atoms with Crippen LogP contribution in [0.2, 0.25) is 0 Å². The van der Waals surface area contributed by atoms with E-state index in [1.165, 1.54) is 0 Å². The SMILES string of the molecule is CCOC(=O)C1C(C)=NC2=C(C(=O)C[C@@H](c3ccccc3)C2)[C@H]1c1cccc2ccccc12. The molecule has 0 amide bonds. The number of Topliss-reactive ketones (excluding diaryl/α,β-unsaturated/α-hetero) is 1. The number of hydrogen-bond acceptors (Lipinski definition) is 4. The van der Waals surface area contributed by atoms with Gasteiger partial charge in [-0.1, -0.05) is 72.8 Å². The average Bonchev–Trinajstić information content (AvgIpc) is 2.83. The molecule has 3 aromatic rings. The maximum absolute atomic E-state index is 13.7. The lowest BCUT2D eigenvalue weighted by molar-refractivity contribution is -0.146. The number of ether oxygens (including phenoxy) is 1. The summed E-state index contributed by atoms with van der Waals surface area (Å²) in [5.41, 5.74) is 4.35. The first-order valence-corrected chi connectivity index (χ1v) is 11.6. The van der Waals surface area contributed by atoms with Gasteiger partial charge in [0.1, 0.15) is 5.92 Å². The molecule has 2 aliphatic rings. The predicted octanol–water partition coefficient (Wildman–Crippen LogP) is 5.98. The molecule has 0 radical (unpaired) electrons. The summed E-state index contributed by atoms with van der Waals surface area (Å²) in [4.78, 5) is 31.7. The van der Waals surface area contributed by atoms with E-state index in [1.807, 2.05) is 49.4 Å². The maximum atomic E-state index is 13.7. The molecule has 3 atom stereocenters. The van der Waals surface area contributed by atoms with Crippen LogP contribution < -0.4 is 0 Å². The fourth-order valence-corrected chi connectivity index (χ4v) is 5.42. The average molecular weight is 438 g/mol. The van der Waals surface area contributed by atoms with E-state index in [0.29, 0.717) is 30.7 Å². The summed E-state index contributed by atoms with van der Waals surface area (Å²) in [7, 11) is 0. The number of ketones is 1. The smallest absolute Gasteiger partial charge is 0.315 e. The molecule has 0 saturated carbocycles. The topological polar surface area (TPSA) is 55.7 Å². The molecular formula is C29H27NO3.